The first-order chi connectivity index (χ1) is 10.0. The van der Waals surface area contributed by atoms with Crippen LogP contribution in [-0.4, -0.2) is 28.0 Å². The van der Waals surface area contributed by atoms with Crippen LogP contribution < -0.4 is 16.0 Å². The number of hydrogen-bond donors (Lipinski definition) is 3. The van der Waals surface area contributed by atoms with Crippen LogP contribution in [0.3, 0.4) is 0 Å². The summed E-state index contributed by atoms with van der Waals surface area (Å²) in [6, 6.07) is 7.15. The number of aromatic amines is 2. The van der Waals surface area contributed by atoms with Gasteiger partial charge in [0.1, 0.15) is 11.3 Å². The van der Waals surface area contributed by atoms with Gasteiger partial charge in [-0.2, -0.15) is 0 Å². The molecule has 0 bridgehead atoms. The van der Waals surface area contributed by atoms with Crippen LogP contribution >= 0.6 is 0 Å². The number of hydrogen-bond acceptors (Lipinski definition) is 5. The number of aryl methyl sites for hydroxylation is 1. The zero-order chi connectivity index (χ0) is 15.4. The second-order valence-corrected chi connectivity index (χ2v) is 4.40. The maximum Gasteiger partial charge on any atom is 0.328 e. The molecule has 1 aromatic carbocycles. The lowest BCUT2D eigenvalue weighted by atomic mass is 10.0. The van der Waals surface area contributed by atoms with Crippen LogP contribution in [0.1, 0.15) is 22.3 Å². The third kappa shape index (κ3) is 3.38. The molecule has 0 saturated carbocycles. The number of aromatic nitrogens is 2. The summed E-state index contributed by atoms with van der Waals surface area (Å²) in [4.78, 5) is 38.3. The van der Waals surface area contributed by atoms with Crippen molar-refractivity contribution in [2.45, 2.75) is 12.8 Å². The minimum atomic E-state index is -0.893. The largest absolute Gasteiger partial charge is 0.497 e. The minimum Gasteiger partial charge on any atom is -0.497 e. The number of carbonyl (C=O) groups excluding carboxylic acids is 1. The lowest BCUT2D eigenvalue weighted by Gasteiger charge is -2.04. The molecule has 0 aliphatic rings. The van der Waals surface area contributed by atoms with Crippen molar-refractivity contribution in [1.82, 2.24) is 9.97 Å². The molecule has 0 fully saturated rings. The van der Waals surface area contributed by atoms with Gasteiger partial charge in [-0.25, -0.2) is 4.79 Å². The monoisotopic (exact) mass is 290 g/mol. The molecule has 0 aliphatic heterocycles. The maximum atomic E-state index is 12.0. The summed E-state index contributed by atoms with van der Waals surface area (Å²) in [7, 11) is 1.56. The van der Waals surface area contributed by atoms with Crippen molar-refractivity contribution < 1.29 is 14.6 Å². The van der Waals surface area contributed by atoms with Crippen LogP contribution in [0.4, 0.5) is 0 Å². The molecule has 2 aromatic rings. The Morgan fingerprint density at radius 2 is 1.86 bits per heavy atom. The van der Waals surface area contributed by atoms with Crippen molar-refractivity contribution in [3.05, 3.63) is 56.2 Å². The summed E-state index contributed by atoms with van der Waals surface area (Å²) < 4.78 is 5.03. The van der Waals surface area contributed by atoms with E-state index in [-0.39, 0.29) is 6.42 Å². The molecule has 7 nitrogen and oxygen atoms in total. The molecule has 21 heavy (non-hydrogen) atoms. The number of nitrogens with one attached hydrogen (secondary N) is 2. The Morgan fingerprint density at radius 1 is 1.19 bits per heavy atom. The molecule has 0 spiro atoms. The van der Waals surface area contributed by atoms with Gasteiger partial charge in [-0.3, -0.25) is 19.6 Å². The summed E-state index contributed by atoms with van der Waals surface area (Å²) in [6.07, 6.45) is 0.440. The van der Waals surface area contributed by atoms with Crippen molar-refractivity contribution in [1.29, 1.82) is 0 Å². The van der Waals surface area contributed by atoms with E-state index in [1.54, 1.807) is 19.2 Å². The average molecular weight is 290 g/mol. The fourth-order valence-electron chi connectivity index (χ4n) is 1.91. The molecule has 1 aromatic heterocycles. The first kappa shape index (κ1) is 14.6. The van der Waals surface area contributed by atoms with Crippen molar-refractivity contribution in [2.75, 3.05) is 7.11 Å². The zero-order valence-corrected chi connectivity index (χ0v) is 11.3. The highest BCUT2D eigenvalue weighted by Gasteiger charge is 2.17. The SMILES string of the molecule is COc1ccc(CCC(=O)c2c(O)[nH]c(=O)[nH]c2=O)cc1. The van der Waals surface area contributed by atoms with Crippen molar-refractivity contribution in [3.8, 4) is 11.6 Å². The van der Waals surface area contributed by atoms with Crippen molar-refractivity contribution >= 4 is 5.78 Å². The summed E-state index contributed by atoms with van der Waals surface area (Å²) >= 11 is 0. The predicted molar refractivity (Wildman–Crippen MR) is 75.0 cm³/mol. The lowest BCUT2D eigenvalue weighted by Crippen LogP contribution is -2.27. The summed E-state index contributed by atoms with van der Waals surface area (Å²) in [5.41, 5.74) is -1.28. The van der Waals surface area contributed by atoms with Gasteiger partial charge in [0.05, 0.1) is 7.11 Å². The Hall–Kier alpha value is -2.83. The van der Waals surface area contributed by atoms with E-state index >= 15 is 0 Å². The second-order valence-electron chi connectivity index (χ2n) is 4.40. The topological polar surface area (TPSA) is 112 Å². The van der Waals surface area contributed by atoms with Gasteiger partial charge in [-0.05, 0) is 24.1 Å². The molecular weight excluding hydrogens is 276 g/mol. The van der Waals surface area contributed by atoms with Gasteiger partial charge in [-0.15, -0.1) is 0 Å². The molecule has 0 aliphatic carbocycles. The molecule has 0 amide bonds. The highest BCUT2D eigenvalue weighted by molar-refractivity contribution is 5.97. The van der Waals surface area contributed by atoms with E-state index in [9.17, 15) is 19.5 Å². The van der Waals surface area contributed by atoms with Crippen LogP contribution in [0, 0.1) is 0 Å². The van der Waals surface area contributed by atoms with Gasteiger partial charge in [0.25, 0.3) is 5.56 Å². The van der Waals surface area contributed by atoms with Gasteiger partial charge in [0, 0.05) is 6.42 Å². The Bertz CT molecular complexity index is 758. The van der Waals surface area contributed by atoms with E-state index in [0.717, 1.165) is 5.56 Å². The number of ketones is 1. The Kier molecular flexibility index (Phi) is 4.22. The van der Waals surface area contributed by atoms with Crippen LogP contribution in [0.5, 0.6) is 11.6 Å². The van der Waals surface area contributed by atoms with E-state index in [2.05, 4.69) is 0 Å². The van der Waals surface area contributed by atoms with Crippen molar-refractivity contribution in [3.63, 3.8) is 0 Å². The first-order valence-electron chi connectivity index (χ1n) is 6.23. The van der Waals surface area contributed by atoms with Crippen LogP contribution in [0.25, 0.3) is 0 Å². The van der Waals surface area contributed by atoms with E-state index in [1.807, 2.05) is 22.1 Å². The Balaban J connectivity index is 2.11. The number of carbonyl (C=O) groups is 1. The summed E-state index contributed by atoms with van der Waals surface area (Å²) in [6.45, 7) is 0. The van der Waals surface area contributed by atoms with E-state index in [1.165, 1.54) is 0 Å². The molecule has 2 rings (SSSR count). The normalized spacial score (nSPS) is 10.3. The number of methoxy groups -OCH3 is 1. The predicted octanol–water partition coefficient (Wildman–Crippen LogP) is 0.593. The number of benzene rings is 1. The molecule has 0 unspecified atom stereocenters. The molecule has 1 heterocycles. The molecule has 0 atom stereocenters. The van der Waals surface area contributed by atoms with Gasteiger partial charge in [0.2, 0.25) is 5.88 Å². The third-order valence-electron chi connectivity index (χ3n) is 3.00. The van der Waals surface area contributed by atoms with Crippen LogP contribution in [0.2, 0.25) is 0 Å². The Morgan fingerprint density at radius 3 is 2.43 bits per heavy atom. The maximum absolute atomic E-state index is 12.0. The molecule has 110 valence electrons. The fourth-order valence-corrected chi connectivity index (χ4v) is 1.91. The number of rotatable bonds is 5. The molecule has 0 radical (unpaired) electrons. The highest BCUT2D eigenvalue weighted by Crippen LogP contribution is 2.14. The van der Waals surface area contributed by atoms with Gasteiger partial charge in [-0.1, -0.05) is 12.1 Å². The van der Waals surface area contributed by atoms with Crippen LogP contribution in [0.15, 0.2) is 33.9 Å². The van der Waals surface area contributed by atoms with E-state index in [0.29, 0.717) is 12.2 Å². The zero-order valence-electron chi connectivity index (χ0n) is 11.3. The summed E-state index contributed by atoms with van der Waals surface area (Å²) in [5, 5.41) is 9.50. The van der Waals surface area contributed by atoms with Gasteiger partial charge < -0.3 is 9.84 Å². The molecule has 0 saturated heterocycles. The number of H-pyrrole nitrogens is 2. The minimum absolute atomic E-state index is 0.0367. The smallest absolute Gasteiger partial charge is 0.328 e. The van der Waals surface area contributed by atoms with Gasteiger partial charge in [0.15, 0.2) is 5.78 Å². The molecule has 3 N–H and O–H groups in total. The highest BCUT2D eigenvalue weighted by atomic mass is 16.5. The Labute approximate surface area is 119 Å². The number of aromatic hydroxyl groups is 1. The number of ether oxygens (including phenoxy) is 1. The lowest BCUT2D eigenvalue weighted by molar-refractivity contribution is 0.0977. The first-order valence-corrected chi connectivity index (χ1v) is 6.23. The average Bonchev–Trinajstić information content (AvgIpc) is 2.44. The van der Waals surface area contributed by atoms with Gasteiger partial charge >= 0.3 is 5.69 Å². The van der Waals surface area contributed by atoms with Crippen molar-refractivity contribution in [2.24, 2.45) is 0 Å². The molecule has 7 heteroatoms. The molecular formula is C14H14N2O5. The fraction of sp³-hybridized carbons (Fsp3) is 0.214. The quantitative estimate of drug-likeness (QED) is 0.698. The second kappa shape index (κ2) is 6.08. The third-order valence-corrected chi connectivity index (χ3v) is 3.00. The van der Waals surface area contributed by atoms with E-state index in [4.69, 9.17) is 4.74 Å². The standard InChI is InChI=1S/C14H14N2O5/c1-21-9-5-2-8(3-6-9)4-7-10(17)11-12(18)15-14(20)16-13(11)19/h2-3,5-6H,4,7H2,1H3,(H3,15,16,18,19,20). The van der Waals surface area contributed by atoms with Crippen LogP contribution in [-0.2, 0) is 6.42 Å². The summed E-state index contributed by atoms with van der Waals surface area (Å²) in [5.74, 6) is -0.538. The van der Waals surface area contributed by atoms with E-state index < -0.39 is 28.5 Å². The number of Topliss-reactive ketones (excluding diaryl/α,β-unsaturated/α-hetero) is 1.